The topological polar surface area (TPSA) is 32.3 Å². The molecule has 5 aliphatic rings. The molecular weight excluding hydrogens is 284 g/mol. The Balaban J connectivity index is 0.00000132. The minimum absolute atomic E-state index is 0. The van der Waals surface area contributed by atoms with Crippen molar-refractivity contribution < 1.29 is 4.79 Å². The van der Waals surface area contributed by atoms with Gasteiger partial charge in [0.05, 0.1) is 0 Å². The predicted octanol–water partition coefficient (Wildman–Crippen LogP) is 2.69. The molecule has 4 aliphatic carbocycles. The second-order valence-electron chi connectivity index (χ2n) is 8.11. The quantitative estimate of drug-likeness (QED) is 0.807. The smallest absolute Gasteiger partial charge is 0.226 e. The van der Waals surface area contributed by atoms with Crippen molar-refractivity contribution in [1.82, 2.24) is 10.2 Å². The lowest BCUT2D eigenvalue weighted by Gasteiger charge is -2.55. The molecule has 4 bridgehead atoms. The standard InChI is InChI=1S/C17H28N2O.ClH/c1-10-9-19(11(2)8-18-10)17(20)16-14-4-12-3-13(6-14)7-15(16)5-12;/h10-16,18H,3-9H2,1-2H3;1H. The van der Waals surface area contributed by atoms with Gasteiger partial charge in [0, 0.05) is 31.1 Å². The third kappa shape index (κ3) is 2.61. The molecule has 120 valence electrons. The largest absolute Gasteiger partial charge is 0.337 e. The van der Waals surface area contributed by atoms with Crippen LogP contribution in [-0.4, -0.2) is 36.0 Å². The highest BCUT2D eigenvalue weighted by molar-refractivity contribution is 5.85. The highest BCUT2D eigenvalue weighted by atomic mass is 35.5. The summed E-state index contributed by atoms with van der Waals surface area (Å²) >= 11 is 0. The van der Waals surface area contributed by atoms with Gasteiger partial charge in [0.15, 0.2) is 0 Å². The maximum absolute atomic E-state index is 13.1. The van der Waals surface area contributed by atoms with Crippen LogP contribution in [0.5, 0.6) is 0 Å². The number of piperazine rings is 1. The van der Waals surface area contributed by atoms with E-state index in [9.17, 15) is 4.79 Å². The summed E-state index contributed by atoms with van der Waals surface area (Å²) in [6, 6.07) is 0.822. The van der Waals surface area contributed by atoms with Crippen molar-refractivity contribution in [3.8, 4) is 0 Å². The maximum atomic E-state index is 13.1. The van der Waals surface area contributed by atoms with Crippen LogP contribution in [0.25, 0.3) is 0 Å². The van der Waals surface area contributed by atoms with E-state index < -0.39 is 0 Å². The number of amides is 1. The summed E-state index contributed by atoms with van der Waals surface area (Å²) in [4.78, 5) is 15.3. The summed E-state index contributed by atoms with van der Waals surface area (Å²) in [5.41, 5.74) is 0. The molecule has 1 heterocycles. The summed E-state index contributed by atoms with van der Waals surface area (Å²) in [7, 11) is 0. The maximum Gasteiger partial charge on any atom is 0.226 e. The summed E-state index contributed by atoms with van der Waals surface area (Å²) in [6.45, 7) is 6.26. The van der Waals surface area contributed by atoms with Gasteiger partial charge in [-0.2, -0.15) is 0 Å². The van der Waals surface area contributed by atoms with Gasteiger partial charge in [-0.3, -0.25) is 4.79 Å². The fraction of sp³-hybridized carbons (Fsp3) is 0.941. The van der Waals surface area contributed by atoms with E-state index in [1.165, 1.54) is 32.1 Å². The van der Waals surface area contributed by atoms with Crippen LogP contribution in [0.15, 0.2) is 0 Å². The highest BCUT2D eigenvalue weighted by Gasteiger charge is 2.52. The van der Waals surface area contributed by atoms with Gasteiger partial charge in [0.2, 0.25) is 5.91 Å². The van der Waals surface area contributed by atoms with Crippen LogP contribution >= 0.6 is 12.4 Å². The molecule has 2 atom stereocenters. The van der Waals surface area contributed by atoms with Crippen molar-refractivity contribution in [3.05, 3.63) is 0 Å². The van der Waals surface area contributed by atoms with Crippen molar-refractivity contribution in [1.29, 1.82) is 0 Å². The van der Waals surface area contributed by atoms with E-state index in [0.29, 0.717) is 23.9 Å². The molecule has 21 heavy (non-hydrogen) atoms. The first kappa shape index (κ1) is 15.6. The monoisotopic (exact) mass is 312 g/mol. The number of carbonyl (C=O) groups excluding carboxylic acids is 1. The summed E-state index contributed by atoms with van der Waals surface area (Å²) in [6.07, 6.45) is 6.85. The number of halogens is 1. The van der Waals surface area contributed by atoms with E-state index >= 15 is 0 Å². The molecule has 0 aromatic carbocycles. The molecule has 0 aromatic heterocycles. The molecule has 0 radical (unpaired) electrons. The van der Waals surface area contributed by atoms with Gasteiger partial charge in [-0.25, -0.2) is 0 Å². The van der Waals surface area contributed by atoms with Gasteiger partial charge in [-0.05, 0) is 69.6 Å². The van der Waals surface area contributed by atoms with Crippen LogP contribution in [0.4, 0.5) is 0 Å². The summed E-state index contributed by atoms with van der Waals surface area (Å²) in [5, 5.41) is 3.49. The first-order chi connectivity index (χ1) is 9.61. The predicted molar refractivity (Wildman–Crippen MR) is 86.4 cm³/mol. The van der Waals surface area contributed by atoms with Crippen molar-refractivity contribution in [2.75, 3.05) is 13.1 Å². The van der Waals surface area contributed by atoms with E-state index in [0.717, 1.165) is 36.8 Å². The molecule has 1 amide bonds. The van der Waals surface area contributed by atoms with Crippen LogP contribution < -0.4 is 5.32 Å². The Hall–Kier alpha value is -0.280. The first-order valence-corrected chi connectivity index (χ1v) is 8.65. The van der Waals surface area contributed by atoms with E-state index in [1.807, 2.05) is 0 Å². The molecule has 1 N–H and O–H groups in total. The second-order valence-corrected chi connectivity index (χ2v) is 8.11. The number of rotatable bonds is 1. The SMILES string of the molecule is CC1CN(C(=O)C2C3CC4CC(C3)CC2C4)C(C)CN1.Cl. The van der Waals surface area contributed by atoms with E-state index in [1.54, 1.807) is 0 Å². The number of hydrogen-bond donors (Lipinski definition) is 1. The Kier molecular flexibility index (Phi) is 4.26. The minimum atomic E-state index is 0. The number of carbonyl (C=O) groups is 1. The van der Waals surface area contributed by atoms with Gasteiger partial charge < -0.3 is 10.2 Å². The average molecular weight is 313 g/mol. The molecule has 4 heteroatoms. The zero-order valence-electron chi connectivity index (χ0n) is 13.3. The molecule has 5 fully saturated rings. The molecule has 1 aliphatic heterocycles. The van der Waals surface area contributed by atoms with Gasteiger partial charge in [-0.15, -0.1) is 12.4 Å². The van der Waals surface area contributed by atoms with Crippen LogP contribution in [0.3, 0.4) is 0 Å². The van der Waals surface area contributed by atoms with Crippen molar-refractivity contribution in [3.63, 3.8) is 0 Å². The van der Waals surface area contributed by atoms with Gasteiger partial charge >= 0.3 is 0 Å². The third-order valence-corrected chi connectivity index (χ3v) is 6.56. The fourth-order valence-electron chi connectivity index (χ4n) is 5.85. The van der Waals surface area contributed by atoms with E-state index in [4.69, 9.17) is 0 Å². The molecule has 2 unspecified atom stereocenters. The normalized spacial score (nSPS) is 48.1. The fourth-order valence-corrected chi connectivity index (χ4v) is 5.85. The van der Waals surface area contributed by atoms with Gasteiger partial charge in [0.25, 0.3) is 0 Å². The number of nitrogens with zero attached hydrogens (tertiary/aromatic N) is 1. The van der Waals surface area contributed by atoms with Gasteiger partial charge in [-0.1, -0.05) is 0 Å². The molecule has 0 aromatic rings. The molecule has 5 rings (SSSR count). The summed E-state index contributed by atoms with van der Waals surface area (Å²) < 4.78 is 0. The average Bonchev–Trinajstić information content (AvgIpc) is 2.40. The highest BCUT2D eigenvalue weighted by Crippen LogP contribution is 2.56. The third-order valence-electron chi connectivity index (χ3n) is 6.56. The Morgan fingerprint density at radius 2 is 1.57 bits per heavy atom. The van der Waals surface area contributed by atoms with Crippen LogP contribution in [0, 0.1) is 29.6 Å². The Morgan fingerprint density at radius 3 is 2.14 bits per heavy atom. The number of nitrogens with one attached hydrogen (secondary N) is 1. The lowest BCUT2D eigenvalue weighted by molar-refractivity contribution is -0.152. The van der Waals surface area contributed by atoms with E-state index in [2.05, 4.69) is 24.1 Å². The molecule has 1 saturated heterocycles. The lowest BCUT2D eigenvalue weighted by atomic mass is 9.51. The summed E-state index contributed by atoms with van der Waals surface area (Å²) in [5.74, 6) is 4.23. The molecule has 0 spiro atoms. The Bertz CT molecular complexity index is 386. The molecular formula is C17H29ClN2O. The zero-order chi connectivity index (χ0) is 13.9. The second kappa shape index (κ2) is 5.73. The van der Waals surface area contributed by atoms with Gasteiger partial charge in [0.1, 0.15) is 0 Å². The molecule has 4 saturated carbocycles. The van der Waals surface area contributed by atoms with Crippen molar-refractivity contribution in [2.24, 2.45) is 29.6 Å². The van der Waals surface area contributed by atoms with E-state index in [-0.39, 0.29) is 12.4 Å². The van der Waals surface area contributed by atoms with Crippen LogP contribution in [0.1, 0.15) is 46.0 Å². The zero-order valence-corrected chi connectivity index (χ0v) is 14.1. The first-order valence-electron chi connectivity index (χ1n) is 8.65. The number of hydrogen-bond acceptors (Lipinski definition) is 2. The Labute approximate surface area is 134 Å². The van der Waals surface area contributed by atoms with Crippen molar-refractivity contribution >= 4 is 18.3 Å². The van der Waals surface area contributed by atoms with Crippen LogP contribution in [0.2, 0.25) is 0 Å². The van der Waals surface area contributed by atoms with Crippen molar-refractivity contribution in [2.45, 2.75) is 58.0 Å². The Morgan fingerprint density at radius 1 is 1.00 bits per heavy atom. The molecule has 3 nitrogen and oxygen atoms in total. The minimum Gasteiger partial charge on any atom is -0.337 e. The van der Waals surface area contributed by atoms with Crippen LogP contribution in [-0.2, 0) is 4.79 Å². The lowest BCUT2D eigenvalue weighted by Crippen LogP contribution is -2.60.